The predicted octanol–water partition coefficient (Wildman–Crippen LogP) is 2.21. The van der Waals surface area contributed by atoms with Crippen molar-refractivity contribution in [3.63, 3.8) is 0 Å². The molecule has 0 saturated heterocycles. The van der Waals surface area contributed by atoms with Gasteiger partial charge in [-0.05, 0) is 31.6 Å². The van der Waals surface area contributed by atoms with Crippen LogP contribution < -0.4 is 11.3 Å². The van der Waals surface area contributed by atoms with Crippen molar-refractivity contribution in [2.24, 2.45) is 11.8 Å². The van der Waals surface area contributed by atoms with Gasteiger partial charge in [-0.1, -0.05) is 26.7 Å². The Hall–Kier alpha value is -0.120. The van der Waals surface area contributed by atoms with E-state index in [1.54, 1.807) is 0 Å². The first-order valence-corrected chi connectivity index (χ1v) is 6.16. The van der Waals surface area contributed by atoms with Crippen LogP contribution in [0.25, 0.3) is 0 Å². The van der Waals surface area contributed by atoms with Crippen molar-refractivity contribution < 1.29 is 4.74 Å². The Labute approximate surface area is 93.7 Å². The van der Waals surface area contributed by atoms with Gasteiger partial charge in [-0.2, -0.15) is 0 Å². The van der Waals surface area contributed by atoms with Crippen LogP contribution in [0, 0.1) is 5.92 Å². The van der Waals surface area contributed by atoms with E-state index >= 15 is 0 Å². The number of ether oxygens (including phenoxy) is 1. The summed E-state index contributed by atoms with van der Waals surface area (Å²) in [6, 6.07) is 0.312. The molecule has 0 heterocycles. The molecule has 1 aliphatic carbocycles. The highest BCUT2D eigenvalue weighted by Crippen LogP contribution is 2.37. The van der Waals surface area contributed by atoms with Crippen LogP contribution in [0.2, 0.25) is 0 Å². The lowest BCUT2D eigenvalue weighted by Gasteiger charge is -2.36. The van der Waals surface area contributed by atoms with Crippen LogP contribution in [0.3, 0.4) is 0 Å². The Morgan fingerprint density at radius 3 is 2.27 bits per heavy atom. The second kappa shape index (κ2) is 5.83. The molecule has 0 aromatic heterocycles. The van der Waals surface area contributed by atoms with Crippen LogP contribution in [-0.2, 0) is 4.74 Å². The van der Waals surface area contributed by atoms with Crippen molar-refractivity contribution >= 4 is 0 Å². The number of rotatable bonds is 6. The fourth-order valence-electron chi connectivity index (χ4n) is 2.67. The summed E-state index contributed by atoms with van der Waals surface area (Å²) in [4.78, 5) is 0. The number of hydrogen-bond acceptors (Lipinski definition) is 3. The topological polar surface area (TPSA) is 47.3 Å². The van der Waals surface area contributed by atoms with Gasteiger partial charge in [0.1, 0.15) is 0 Å². The first kappa shape index (κ1) is 12.9. The lowest BCUT2D eigenvalue weighted by atomic mass is 9.87. The number of hydrazine groups is 1. The highest BCUT2D eigenvalue weighted by atomic mass is 16.5. The highest BCUT2D eigenvalue weighted by Gasteiger charge is 2.40. The van der Waals surface area contributed by atoms with Gasteiger partial charge in [0.15, 0.2) is 0 Å². The molecule has 0 bridgehead atoms. The lowest BCUT2D eigenvalue weighted by molar-refractivity contribution is -0.0389. The van der Waals surface area contributed by atoms with Gasteiger partial charge in [-0.25, -0.2) is 0 Å². The Bertz CT molecular complexity index is 176. The highest BCUT2D eigenvalue weighted by molar-refractivity contribution is 4.95. The van der Waals surface area contributed by atoms with Gasteiger partial charge in [0.2, 0.25) is 0 Å². The zero-order valence-electron chi connectivity index (χ0n) is 10.4. The molecule has 1 unspecified atom stereocenters. The van der Waals surface area contributed by atoms with Gasteiger partial charge >= 0.3 is 0 Å². The van der Waals surface area contributed by atoms with Crippen LogP contribution in [0.4, 0.5) is 0 Å². The molecule has 1 aliphatic rings. The maximum Gasteiger partial charge on any atom is 0.0844 e. The van der Waals surface area contributed by atoms with E-state index in [1.807, 2.05) is 7.11 Å². The second-order valence-electron chi connectivity index (χ2n) is 5.17. The predicted molar refractivity (Wildman–Crippen MR) is 63.4 cm³/mol. The number of nitrogens with one attached hydrogen (secondary N) is 1. The average Bonchev–Trinajstić information content (AvgIpc) is 2.68. The Kier molecular flexibility index (Phi) is 5.03. The van der Waals surface area contributed by atoms with Gasteiger partial charge in [0, 0.05) is 7.11 Å². The van der Waals surface area contributed by atoms with Crippen LogP contribution in [0.15, 0.2) is 0 Å². The number of methoxy groups -OCH3 is 1. The summed E-state index contributed by atoms with van der Waals surface area (Å²) < 4.78 is 5.74. The van der Waals surface area contributed by atoms with E-state index in [-0.39, 0.29) is 5.60 Å². The zero-order chi connectivity index (χ0) is 11.3. The standard InChI is InChI=1S/C12H26N2O/c1-10(2)6-7-11(14-13)12(15-3)8-4-5-9-12/h10-11,14H,4-9,13H2,1-3H3. The molecule has 3 heteroatoms. The first-order valence-electron chi connectivity index (χ1n) is 6.16. The number of nitrogens with two attached hydrogens (primary N) is 1. The minimum Gasteiger partial charge on any atom is -0.377 e. The van der Waals surface area contributed by atoms with Crippen molar-refractivity contribution in [3.05, 3.63) is 0 Å². The van der Waals surface area contributed by atoms with Gasteiger partial charge < -0.3 is 4.74 Å². The van der Waals surface area contributed by atoms with Crippen molar-refractivity contribution in [2.75, 3.05) is 7.11 Å². The molecular weight excluding hydrogens is 188 g/mol. The molecule has 1 saturated carbocycles. The molecule has 3 N–H and O–H groups in total. The maximum absolute atomic E-state index is 5.74. The Morgan fingerprint density at radius 2 is 1.87 bits per heavy atom. The van der Waals surface area contributed by atoms with E-state index in [1.165, 1.54) is 19.3 Å². The number of hydrogen-bond donors (Lipinski definition) is 2. The summed E-state index contributed by atoms with van der Waals surface area (Å²) in [5.41, 5.74) is 2.97. The molecule has 0 radical (unpaired) electrons. The monoisotopic (exact) mass is 214 g/mol. The molecule has 0 aromatic carbocycles. The SMILES string of the molecule is COC1(C(CCC(C)C)NN)CCCC1. The van der Waals surface area contributed by atoms with Crippen molar-refractivity contribution in [1.82, 2.24) is 5.43 Å². The van der Waals surface area contributed by atoms with Crippen LogP contribution in [0.5, 0.6) is 0 Å². The van der Waals surface area contributed by atoms with Crippen molar-refractivity contribution in [1.29, 1.82) is 0 Å². The molecule has 90 valence electrons. The van der Waals surface area contributed by atoms with E-state index in [0.717, 1.165) is 25.2 Å². The van der Waals surface area contributed by atoms with Crippen LogP contribution in [0.1, 0.15) is 52.4 Å². The average molecular weight is 214 g/mol. The maximum atomic E-state index is 5.74. The van der Waals surface area contributed by atoms with Gasteiger partial charge in [0.25, 0.3) is 0 Å². The molecule has 1 rings (SSSR count). The van der Waals surface area contributed by atoms with Crippen LogP contribution >= 0.6 is 0 Å². The third-order valence-electron chi connectivity index (χ3n) is 3.73. The van der Waals surface area contributed by atoms with Crippen LogP contribution in [-0.4, -0.2) is 18.8 Å². The molecular formula is C12H26N2O. The quantitative estimate of drug-likeness (QED) is 0.526. The molecule has 3 nitrogen and oxygen atoms in total. The summed E-state index contributed by atoms with van der Waals surface area (Å²) in [5, 5.41) is 0. The third-order valence-corrected chi connectivity index (χ3v) is 3.73. The van der Waals surface area contributed by atoms with Crippen molar-refractivity contribution in [2.45, 2.75) is 64.0 Å². The Morgan fingerprint density at radius 1 is 1.27 bits per heavy atom. The molecule has 0 spiro atoms. The summed E-state index contributed by atoms with van der Waals surface area (Å²) in [6.07, 6.45) is 7.16. The van der Waals surface area contributed by atoms with Gasteiger partial charge in [-0.3, -0.25) is 11.3 Å². The molecule has 15 heavy (non-hydrogen) atoms. The third kappa shape index (κ3) is 3.16. The summed E-state index contributed by atoms with van der Waals surface area (Å²) in [7, 11) is 1.82. The fourth-order valence-corrected chi connectivity index (χ4v) is 2.67. The summed E-state index contributed by atoms with van der Waals surface area (Å²) >= 11 is 0. The van der Waals surface area contributed by atoms with Gasteiger partial charge in [0.05, 0.1) is 11.6 Å². The van der Waals surface area contributed by atoms with E-state index < -0.39 is 0 Å². The lowest BCUT2D eigenvalue weighted by Crippen LogP contribution is -2.53. The first-order chi connectivity index (χ1) is 7.14. The Balaban J connectivity index is 2.54. The summed E-state index contributed by atoms with van der Waals surface area (Å²) in [6.45, 7) is 4.50. The van der Waals surface area contributed by atoms with E-state index in [4.69, 9.17) is 10.6 Å². The summed E-state index contributed by atoms with van der Waals surface area (Å²) in [5.74, 6) is 6.40. The van der Waals surface area contributed by atoms with Gasteiger partial charge in [-0.15, -0.1) is 0 Å². The van der Waals surface area contributed by atoms with Crippen molar-refractivity contribution in [3.8, 4) is 0 Å². The van der Waals surface area contributed by atoms with E-state index in [9.17, 15) is 0 Å². The molecule has 1 atom stereocenters. The molecule has 0 aromatic rings. The molecule has 1 fully saturated rings. The largest absolute Gasteiger partial charge is 0.377 e. The molecule has 0 aliphatic heterocycles. The fraction of sp³-hybridized carbons (Fsp3) is 1.00. The minimum atomic E-state index is 0.00361. The normalized spacial score (nSPS) is 22.2. The minimum absolute atomic E-state index is 0.00361. The zero-order valence-corrected chi connectivity index (χ0v) is 10.4. The smallest absolute Gasteiger partial charge is 0.0844 e. The van der Waals surface area contributed by atoms with E-state index in [0.29, 0.717) is 6.04 Å². The molecule has 0 amide bonds. The second-order valence-corrected chi connectivity index (χ2v) is 5.17. The van der Waals surface area contributed by atoms with E-state index in [2.05, 4.69) is 19.3 Å².